The SMILES string of the molecule is [C-]1=CC=CC1.[Zr+2]=[C]1CCCC1.[c-]1c(-c2ccccc2)ccc2c1Cc1cc(-c3ccccc3)ccc1-2. The minimum absolute atomic E-state index is 0.964. The second kappa shape index (κ2) is 12.4. The van der Waals surface area contributed by atoms with Crippen LogP contribution in [-0.2, 0) is 30.7 Å². The molecule has 3 aliphatic rings. The summed E-state index contributed by atoms with van der Waals surface area (Å²) in [6.45, 7) is 0. The average Bonchev–Trinajstić information content (AvgIpc) is 3.73. The Morgan fingerprint density at radius 3 is 1.94 bits per heavy atom. The summed E-state index contributed by atoms with van der Waals surface area (Å²) in [6, 6.07) is 36.0. The van der Waals surface area contributed by atoms with E-state index in [1.165, 1.54) is 70.2 Å². The van der Waals surface area contributed by atoms with Crippen molar-refractivity contribution in [1.82, 2.24) is 0 Å². The monoisotopic (exact) mass is 540 g/mol. The van der Waals surface area contributed by atoms with Crippen molar-refractivity contribution in [3.8, 4) is 33.4 Å². The summed E-state index contributed by atoms with van der Waals surface area (Å²) >= 11 is 1.68. The normalized spacial score (nSPS) is 14.4. The van der Waals surface area contributed by atoms with Gasteiger partial charge < -0.3 is 0 Å². The molecule has 0 unspecified atom stereocenters. The fourth-order valence-corrected chi connectivity index (χ4v) is 5.73. The topological polar surface area (TPSA) is 0 Å². The molecule has 0 atom stereocenters. The minimum atomic E-state index is 0.964. The van der Waals surface area contributed by atoms with Crippen molar-refractivity contribution in [3.05, 3.63) is 132 Å². The molecular formula is C35H30Zr. The quantitative estimate of drug-likeness (QED) is 0.196. The first-order chi connectivity index (χ1) is 17.8. The van der Waals surface area contributed by atoms with Crippen LogP contribution in [0.4, 0.5) is 0 Å². The fourth-order valence-electron chi connectivity index (χ4n) is 4.86. The van der Waals surface area contributed by atoms with Crippen molar-refractivity contribution >= 4 is 3.21 Å². The number of hydrogen-bond acceptors (Lipinski definition) is 0. The van der Waals surface area contributed by atoms with Crippen LogP contribution in [0, 0.1) is 12.1 Å². The first-order valence-corrected chi connectivity index (χ1v) is 14.1. The molecule has 7 rings (SSSR count). The summed E-state index contributed by atoms with van der Waals surface area (Å²) in [7, 11) is 0. The van der Waals surface area contributed by atoms with Crippen molar-refractivity contribution in [2.75, 3.05) is 0 Å². The predicted octanol–water partition coefficient (Wildman–Crippen LogP) is 8.98. The molecule has 1 saturated carbocycles. The van der Waals surface area contributed by atoms with Crippen molar-refractivity contribution in [1.29, 1.82) is 0 Å². The van der Waals surface area contributed by atoms with Gasteiger partial charge in [0.15, 0.2) is 0 Å². The van der Waals surface area contributed by atoms with Crippen LogP contribution < -0.4 is 0 Å². The Hall–Kier alpha value is -2.89. The molecule has 174 valence electrons. The van der Waals surface area contributed by atoms with Gasteiger partial charge in [0, 0.05) is 0 Å². The van der Waals surface area contributed by atoms with Gasteiger partial charge in [-0.1, -0.05) is 95.6 Å². The minimum Gasteiger partial charge on any atom is -0.143 e. The molecule has 1 heteroatoms. The van der Waals surface area contributed by atoms with E-state index in [0.29, 0.717) is 0 Å². The molecule has 4 aromatic carbocycles. The molecule has 0 N–H and O–H groups in total. The van der Waals surface area contributed by atoms with Gasteiger partial charge >= 0.3 is 53.1 Å². The van der Waals surface area contributed by atoms with Crippen LogP contribution in [0.15, 0.2) is 109 Å². The molecule has 0 saturated heterocycles. The van der Waals surface area contributed by atoms with Crippen LogP contribution in [-0.4, -0.2) is 3.21 Å². The Bertz CT molecular complexity index is 1270. The Morgan fingerprint density at radius 2 is 1.36 bits per heavy atom. The van der Waals surface area contributed by atoms with Crippen LogP contribution in [0.3, 0.4) is 0 Å². The third-order valence-electron chi connectivity index (χ3n) is 6.77. The van der Waals surface area contributed by atoms with Crippen molar-refractivity contribution < 1.29 is 24.2 Å². The summed E-state index contributed by atoms with van der Waals surface area (Å²) in [4.78, 5) is 0. The van der Waals surface area contributed by atoms with E-state index < -0.39 is 0 Å². The molecule has 0 radical (unpaired) electrons. The molecule has 0 nitrogen and oxygen atoms in total. The van der Waals surface area contributed by atoms with Gasteiger partial charge in [-0.05, 0) is 23.1 Å². The van der Waals surface area contributed by atoms with Crippen LogP contribution >= 0.6 is 0 Å². The zero-order valence-electron chi connectivity index (χ0n) is 20.6. The van der Waals surface area contributed by atoms with Gasteiger partial charge in [-0.3, -0.25) is 6.08 Å². The molecule has 3 aliphatic carbocycles. The van der Waals surface area contributed by atoms with E-state index in [9.17, 15) is 0 Å². The smallest absolute Gasteiger partial charge is 0.0181 e. The standard InChI is InChI=1S/C25H17.C5H8.C5H5.Zr/c1-3-7-18(8-4-1)20-11-13-24-22(15-20)17-23-16-21(12-14-25(23)24)19-9-5-2-6-10-19;2*1-2-4-5-3-1;/h1-15H,17H2;1-4H2;1-3H,4H2;/q-1;;-1;+2. The van der Waals surface area contributed by atoms with Crippen LogP contribution in [0.2, 0.25) is 0 Å². The maximum atomic E-state index is 3.65. The summed E-state index contributed by atoms with van der Waals surface area (Å²) in [6.07, 6.45) is 16.8. The van der Waals surface area contributed by atoms with Crippen LogP contribution in [0.5, 0.6) is 0 Å². The van der Waals surface area contributed by atoms with Crippen molar-refractivity contribution in [3.63, 3.8) is 0 Å². The van der Waals surface area contributed by atoms with Gasteiger partial charge in [0.25, 0.3) is 0 Å². The third kappa shape index (κ3) is 6.26. The number of fused-ring (bicyclic) bond motifs is 3. The Kier molecular flexibility index (Phi) is 8.52. The van der Waals surface area contributed by atoms with E-state index in [4.69, 9.17) is 0 Å². The van der Waals surface area contributed by atoms with Gasteiger partial charge in [-0.25, -0.2) is 12.2 Å². The second-order valence-corrected chi connectivity index (χ2v) is 11.1. The van der Waals surface area contributed by atoms with Crippen molar-refractivity contribution in [2.45, 2.75) is 38.5 Å². The Labute approximate surface area is 230 Å². The van der Waals surface area contributed by atoms with Crippen LogP contribution in [0.1, 0.15) is 43.2 Å². The van der Waals surface area contributed by atoms with Crippen molar-refractivity contribution in [2.24, 2.45) is 0 Å². The summed E-state index contributed by atoms with van der Waals surface area (Å²) in [5, 5.41) is 0. The molecule has 0 amide bonds. The maximum absolute atomic E-state index is 3.65. The predicted molar refractivity (Wildman–Crippen MR) is 149 cm³/mol. The molecule has 1 fully saturated rings. The van der Waals surface area contributed by atoms with E-state index in [1.54, 1.807) is 27.4 Å². The van der Waals surface area contributed by atoms with Gasteiger partial charge in [0.1, 0.15) is 0 Å². The van der Waals surface area contributed by atoms with Gasteiger partial charge in [0.05, 0.1) is 0 Å². The summed E-state index contributed by atoms with van der Waals surface area (Å²) in [5.74, 6) is 0. The Balaban J connectivity index is 0.000000200. The molecule has 36 heavy (non-hydrogen) atoms. The van der Waals surface area contributed by atoms with Gasteiger partial charge in [-0.15, -0.1) is 35.7 Å². The number of rotatable bonds is 2. The largest absolute Gasteiger partial charge is 0.143 e. The molecule has 0 aliphatic heterocycles. The summed E-state index contributed by atoms with van der Waals surface area (Å²) < 4.78 is 1.79. The molecule has 4 aromatic rings. The number of allylic oxidation sites excluding steroid dienone is 4. The van der Waals surface area contributed by atoms with E-state index >= 15 is 0 Å². The van der Waals surface area contributed by atoms with E-state index in [2.05, 4.69) is 109 Å². The second-order valence-electron chi connectivity index (χ2n) is 9.36. The zero-order chi connectivity index (χ0) is 24.6. The first kappa shape index (κ1) is 24.8. The molecule has 0 heterocycles. The van der Waals surface area contributed by atoms with E-state index in [-0.39, 0.29) is 0 Å². The maximum Gasteiger partial charge on any atom is -0.0181 e. The molecular weight excluding hydrogens is 512 g/mol. The molecule has 0 aromatic heterocycles. The molecule has 0 bridgehead atoms. The number of hydrogen-bond donors (Lipinski definition) is 0. The number of benzene rings is 4. The zero-order valence-corrected chi connectivity index (χ0v) is 23.1. The van der Waals surface area contributed by atoms with Gasteiger partial charge in [-0.2, -0.15) is 6.08 Å². The van der Waals surface area contributed by atoms with E-state index in [1.807, 2.05) is 12.2 Å². The van der Waals surface area contributed by atoms with Crippen LogP contribution in [0.25, 0.3) is 33.4 Å². The third-order valence-corrected chi connectivity index (χ3v) is 8.00. The first-order valence-electron chi connectivity index (χ1n) is 12.9. The Morgan fingerprint density at radius 1 is 0.667 bits per heavy atom. The average molecular weight is 542 g/mol. The summed E-state index contributed by atoms with van der Waals surface area (Å²) in [5.41, 5.74) is 10.4. The molecule has 0 spiro atoms. The van der Waals surface area contributed by atoms with Gasteiger partial charge in [0.2, 0.25) is 0 Å². The van der Waals surface area contributed by atoms with E-state index in [0.717, 1.165) is 12.8 Å². The fraction of sp³-hybridized carbons (Fsp3) is 0.171.